The Kier molecular flexibility index (Phi) is 3.86. The Morgan fingerprint density at radius 1 is 1.32 bits per heavy atom. The number of pyridine rings is 1. The van der Waals surface area contributed by atoms with Crippen molar-refractivity contribution in [3.05, 3.63) is 59.3 Å². The predicted octanol–water partition coefficient (Wildman–Crippen LogP) is 1.66. The number of nitriles is 1. The first kappa shape index (κ1) is 12.7. The van der Waals surface area contributed by atoms with Crippen molar-refractivity contribution in [1.82, 2.24) is 4.98 Å². The number of nitrogens with one attached hydrogen (secondary N) is 1. The van der Waals surface area contributed by atoms with Gasteiger partial charge in [0.1, 0.15) is 6.07 Å². The third-order valence-electron chi connectivity index (χ3n) is 2.61. The average Bonchev–Trinajstić information content (AvgIpc) is 2.48. The lowest BCUT2D eigenvalue weighted by Gasteiger charge is -2.06. The molecule has 0 atom stereocenters. The number of carbonyl (C=O) groups is 1. The predicted molar refractivity (Wildman–Crippen MR) is 71.2 cm³/mol. The summed E-state index contributed by atoms with van der Waals surface area (Å²) in [4.78, 5) is 16.0. The summed E-state index contributed by atoms with van der Waals surface area (Å²) in [5.74, 6) is -0.0447. The van der Waals surface area contributed by atoms with E-state index in [9.17, 15) is 4.79 Å². The average molecular weight is 252 g/mol. The van der Waals surface area contributed by atoms with E-state index >= 15 is 0 Å². The number of benzene rings is 1. The summed E-state index contributed by atoms with van der Waals surface area (Å²) < 4.78 is 0. The van der Waals surface area contributed by atoms with Crippen molar-refractivity contribution in [1.29, 1.82) is 5.26 Å². The molecule has 3 N–H and O–H groups in total. The van der Waals surface area contributed by atoms with E-state index < -0.39 is 0 Å². The number of nitrogens with two attached hydrogens (primary N) is 1. The topological polar surface area (TPSA) is 91.8 Å². The molecular formula is C14H12N4O. The number of amides is 1. The Hall–Kier alpha value is -2.71. The molecule has 0 spiro atoms. The van der Waals surface area contributed by atoms with Crippen LogP contribution in [0.5, 0.6) is 0 Å². The Balaban J connectivity index is 2.18. The van der Waals surface area contributed by atoms with Gasteiger partial charge in [-0.15, -0.1) is 0 Å². The minimum Gasteiger partial charge on any atom is -0.326 e. The molecule has 2 aromatic rings. The van der Waals surface area contributed by atoms with Crippen LogP contribution in [0.1, 0.15) is 21.5 Å². The zero-order valence-electron chi connectivity index (χ0n) is 10.1. The highest BCUT2D eigenvalue weighted by molar-refractivity contribution is 6.04. The first-order chi connectivity index (χ1) is 9.24. The van der Waals surface area contributed by atoms with Crippen molar-refractivity contribution < 1.29 is 4.79 Å². The summed E-state index contributed by atoms with van der Waals surface area (Å²) in [6.45, 7) is 0.431. The highest BCUT2D eigenvalue weighted by atomic mass is 16.1. The summed E-state index contributed by atoms with van der Waals surface area (Å²) in [5.41, 5.74) is 7.26. The molecule has 5 nitrogen and oxygen atoms in total. The normalized spacial score (nSPS) is 9.68. The van der Waals surface area contributed by atoms with Crippen molar-refractivity contribution in [2.75, 3.05) is 5.32 Å². The fourth-order valence-corrected chi connectivity index (χ4v) is 1.57. The second-order valence-corrected chi connectivity index (χ2v) is 3.87. The van der Waals surface area contributed by atoms with Crippen molar-refractivity contribution in [3.8, 4) is 6.07 Å². The summed E-state index contributed by atoms with van der Waals surface area (Å²) >= 11 is 0. The molecule has 94 valence electrons. The molecule has 1 aromatic carbocycles. The van der Waals surface area contributed by atoms with E-state index in [1.165, 1.54) is 6.20 Å². The number of nitrogens with zero attached hydrogens (tertiary/aromatic N) is 2. The molecule has 0 unspecified atom stereocenters. The van der Waals surface area contributed by atoms with Gasteiger partial charge in [-0.25, -0.2) is 4.98 Å². The van der Waals surface area contributed by atoms with Crippen LogP contribution < -0.4 is 11.1 Å². The molecule has 0 saturated heterocycles. The van der Waals surface area contributed by atoms with Gasteiger partial charge in [0.2, 0.25) is 0 Å². The number of rotatable bonds is 3. The smallest absolute Gasteiger partial charge is 0.256 e. The molecule has 5 heteroatoms. The molecule has 0 aliphatic carbocycles. The quantitative estimate of drug-likeness (QED) is 0.869. The van der Waals surface area contributed by atoms with E-state index in [-0.39, 0.29) is 11.7 Å². The van der Waals surface area contributed by atoms with Gasteiger partial charge in [-0.2, -0.15) is 5.26 Å². The zero-order valence-corrected chi connectivity index (χ0v) is 10.1. The van der Waals surface area contributed by atoms with Gasteiger partial charge in [-0.3, -0.25) is 4.79 Å². The van der Waals surface area contributed by atoms with Gasteiger partial charge in [0, 0.05) is 18.3 Å². The molecule has 1 aromatic heterocycles. The molecule has 2 rings (SSSR count). The minimum atomic E-state index is -0.307. The van der Waals surface area contributed by atoms with Crippen LogP contribution >= 0.6 is 0 Å². The van der Waals surface area contributed by atoms with Crippen molar-refractivity contribution in [3.63, 3.8) is 0 Å². The van der Waals surface area contributed by atoms with Crippen LogP contribution in [0, 0.1) is 11.3 Å². The number of aromatic nitrogens is 1. The molecule has 0 saturated carbocycles. The highest BCUT2D eigenvalue weighted by Crippen LogP contribution is 2.12. The fraction of sp³-hybridized carbons (Fsp3) is 0.0714. The van der Waals surface area contributed by atoms with Crippen LogP contribution in [0.2, 0.25) is 0 Å². The van der Waals surface area contributed by atoms with E-state index in [1.54, 1.807) is 36.4 Å². The second-order valence-electron chi connectivity index (χ2n) is 3.87. The standard InChI is InChI=1S/C14H12N4O/c15-8-10-3-5-11(6-4-10)14(19)18-13-12(9-16)2-1-7-17-13/h1-7H,8,15H2,(H,17,18,19). The maximum absolute atomic E-state index is 12.0. The summed E-state index contributed by atoms with van der Waals surface area (Å²) in [7, 11) is 0. The van der Waals surface area contributed by atoms with Crippen LogP contribution in [0.25, 0.3) is 0 Å². The Morgan fingerprint density at radius 3 is 2.68 bits per heavy atom. The van der Waals surface area contributed by atoms with Crippen LogP contribution in [0.3, 0.4) is 0 Å². The van der Waals surface area contributed by atoms with E-state index in [0.717, 1.165) is 5.56 Å². The van der Waals surface area contributed by atoms with Gasteiger partial charge in [0.25, 0.3) is 5.91 Å². The van der Waals surface area contributed by atoms with E-state index in [4.69, 9.17) is 11.0 Å². The Morgan fingerprint density at radius 2 is 2.05 bits per heavy atom. The largest absolute Gasteiger partial charge is 0.326 e. The first-order valence-electron chi connectivity index (χ1n) is 5.70. The monoisotopic (exact) mass is 252 g/mol. The SMILES string of the molecule is N#Cc1cccnc1NC(=O)c1ccc(CN)cc1. The molecule has 1 heterocycles. The van der Waals surface area contributed by atoms with Gasteiger partial charge >= 0.3 is 0 Å². The number of anilines is 1. The summed E-state index contributed by atoms with van der Waals surface area (Å²) in [6.07, 6.45) is 1.52. The minimum absolute atomic E-state index is 0.262. The molecule has 0 aliphatic heterocycles. The lowest BCUT2D eigenvalue weighted by atomic mass is 10.1. The zero-order chi connectivity index (χ0) is 13.7. The van der Waals surface area contributed by atoms with Gasteiger partial charge in [-0.05, 0) is 29.8 Å². The van der Waals surface area contributed by atoms with Gasteiger partial charge in [0.05, 0.1) is 5.56 Å². The lowest BCUT2D eigenvalue weighted by Crippen LogP contribution is -2.14. The van der Waals surface area contributed by atoms with Crippen LogP contribution in [0.4, 0.5) is 5.82 Å². The molecule has 0 aliphatic rings. The number of hydrogen-bond acceptors (Lipinski definition) is 4. The van der Waals surface area contributed by atoms with Crippen molar-refractivity contribution >= 4 is 11.7 Å². The van der Waals surface area contributed by atoms with Crippen LogP contribution in [0.15, 0.2) is 42.6 Å². The maximum Gasteiger partial charge on any atom is 0.256 e. The molecule has 1 amide bonds. The fourth-order valence-electron chi connectivity index (χ4n) is 1.57. The van der Waals surface area contributed by atoms with E-state index in [0.29, 0.717) is 17.7 Å². The second kappa shape index (κ2) is 5.76. The Bertz CT molecular complexity index is 629. The lowest BCUT2D eigenvalue weighted by molar-refractivity contribution is 0.102. The molecule has 0 fully saturated rings. The highest BCUT2D eigenvalue weighted by Gasteiger charge is 2.09. The third-order valence-corrected chi connectivity index (χ3v) is 2.61. The number of hydrogen-bond donors (Lipinski definition) is 2. The molecule has 19 heavy (non-hydrogen) atoms. The van der Waals surface area contributed by atoms with Crippen LogP contribution in [-0.2, 0) is 6.54 Å². The summed E-state index contributed by atoms with van der Waals surface area (Å²) in [5, 5.41) is 11.5. The van der Waals surface area contributed by atoms with Crippen molar-refractivity contribution in [2.24, 2.45) is 5.73 Å². The van der Waals surface area contributed by atoms with Gasteiger partial charge in [-0.1, -0.05) is 12.1 Å². The van der Waals surface area contributed by atoms with Crippen LogP contribution in [-0.4, -0.2) is 10.9 Å². The molecule has 0 bridgehead atoms. The molecular weight excluding hydrogens is 240 g/mol. The van der Waals surface area contributed by atoms with Gasteiger partial charge < -0.3 is 11.1 Å². The first-order valence-corrected chi connectivity index (χ1v) is 5.70. The maximum atomic E-state index is 12.0. The van der Waals surface area contributed by atoms with Crippen molar-refractivity contribution in [2.45, 2.75) is 6.54 Å². The van der Waals surface area contributed by atoms with E-state index in [2.05, 4.69) is 10.3 Å². The molecule has 0 radical (unpaired) electrons. The van der Waals surface area contributed by atoms with E-state index in [1.807, 2.05) is 6.07 Å². The van der Waals surface area contributed by atoms with Gasteiger partial charge in [0.15, 0.2) is 5.82 Å². The summed E-state index contributed by atoms with van der Waals surface area (Å²) in [6, 6.07) is 12.2. The third kappa shape index (κ3) is 2.94. The number of carbonyl (C=O) groups excluding carboxylic acids is 1. The Labute approximate surface area is 110 Å².